The second-order valence-electron chi connectivity index (χ2n) is 13.6. The Hall–Kier alpha value is -4.61. The maximum absolute atomic E-state index is 14.3. The number of aryl methyl sites for hydroxylation is 2. The molecule has 2 amide bonds. The largest absolute Gasteiger partial charge is 0.778 e. The molecule has 1 aliphatic rings. The van der Waals surface area contributed by atoms with E-state index in [0.717, 1.165) is 48.1 Å². The van der Waals surface area contributed by atoms with Crippen molar-refractivity contribution in [3.05, 3.63) is 73.1 Å². The Morgan fingerprint density at radius 3 is 2.30 bits per heavy atom. The Kier molecular flexibility index (Phi) is 23.9. The molecule has 3 heterocycles. The van der Waals surface area contributed by atoms with Gasteiger partial charge >= 0.3 is 35.0 Å². The van der Waals surface area contributed by atoms with Crippen molar-refractivity contribution < 1.29 is 69.3 Å². The van der Waals surface area contributed by atoms with Crippen LogP contribution in [0, 0.1) is 12.7 Å². The normalized spacial score (nSPS) is 13.3. The number of carbonyl (C=O) groups is 3. The summed E-state index contributed by atoms with van der Waals surface area (Å²) in [5, 5.41) is 12.3. The van der Waals surface area contributed by atoms with Gasteiger partial charge in [0.2, 0.25) is 10.7 Å². The zero-order chi connectivity index (χ0) is 50.7. The number of hydrogen-bond donors (Lipinski definition) is 5. The number of carbonyl (C=O) groups excluding carboxylic acids is 2. The predicted octanol–water partition coefficient (Wildman–Crippen LogP) is 3.65. The number of ether oxygens (including phenoxy) is 2. The predicted molar refractivity (Wildman–Crippen MR) is 242 cm³/mol. The highest BCUT2D eigenvalue weighted by atomic mass is 35.5. The summed E-state index contributed by atoms with van der Waals surface area (Å²) in [7, 11) is -5.55. The minimum absolute atomic E-state index is 0.0605. The number of thioether (sulfide) groups is 1. The number of aromatic nitrogens is 5. The molecule has 31 heteroatoms. The first-order valence-corrected chi connectivity index (χ1v) is 26.8. The van der Waals surface area contributed by atoms with Crippen LogP contribution in [-0.2, 0) is 59.3 Å². The van der Waals surface area contributed by atoms with Gasteiger partial charge in [-0.05, 0) is 72.2 Å². The number of esters is 1. The number of aliphatic carboxylic acids is 1. The number of urea groups is 1. The summed E-state index contributed by atoms with van der Waals surface area (Å²) in [6.07, 6.45) is 1.57. The highest BCUT2D eigenvalue weighted by molar-refractivity contribution is 8.00. The number of alkyl halides is 3. The SMILES string of the molecule is COC(=O)CSc1cc(/N=c2\sc(=O)n3n2CCCC3)c(F)cc1Cl.COc1nc(C)nc(NC(=O)NS(=O)(=O)c2ccccc2CCC(F)(F)F)n1.C[S+](C)C.O=C(O)CNCP(=O)([O-])O. The molecule has 2 aromatic carbocycles. The molecule has 0 saturated carbocycles. The van der Waals surface area contributed by atoms with Crippen LogP contribution < -0.4 is 34.7 Å². The average molecular weight is 1070 g/mol. The number of carboxylic acids is 1. The summed E-state index contributed by atoms with van der Waals surface area (Å²) in [4.78, 5) is 79.2. The molecular formula is C36H47ClF4N9O12PS4. The monoisotopic (exact) mass is 1070 g/mol. The summed E-state index contributed by atoms with van der Waals surface area (Å²) < 4.78 is 101. The molecule has 1 atom stereocenters. The molecule has 5 N–H and O–H groups in total. The van der Waals surface area contributed by atoms with Crippen molar-refractivity contribution in [2.24, 2.45) is 4.99 Å². The fourth-order valence-corrected chi connectivity index (χ4v) is 8.45. The number of benzene rings is 2. The van der Waals surface area contributed by atoms with Gasteiger partial charge in [0.25, 0.3) is 10.0 Å². The van der Waals surface area contributed by atoms with E-state index in [1.807, 2.05) is 5.32 Å². The van der Waals surface area contributed by atoms with Crippen LogP contribution in [0.1, 0.15) is 30.7 Å². The first kappa shape index (κ1) is 58.5. The first-order chi connectivity index (χ1) is 31.1. The summed E-state index contributed by atoms with van der Waals surface area (Å²) in [5.41, 5.74) is 0.0114. The molecular weight excluding hydrogens is 1020 g/mol. The van der Waals surface area contributed by atoms with E-state index in [2.05, 4.69) is 48.8 Å². The lowest BCUT2D eigenvalue weighted by molar-refractivity contribution is -0.193. The van der Waals surface area contributed by atoms with Gasteiger partial charge in [0, 0.05) is 24.4 Å². The Labute approximate surface area is 397 Å². The fraction of sp³-hybridized carbons (Fsp3) is 0.444. The van der Waals surface area contributed by atoms with E-state index in [1.54, 1.807) is 14.1 Å². The van der Waals surface area contributed by atoms with Crippen molar-refractivity contribution in [1.82, 2.24) is 34.4 Å². The molecule has 372 valence electrons. The van der Waals surface area contributed by atoms with Crippen LogP contribution in [0.25, 0.3) is 0 Å². The van der Waals surface area contributed by atoms with E-state index >= 15 is 0 Å². The minimum Gasteiger partial charge on any atom is -0.778 e. The van der Waals surface area contributed by atoms with Crippen LogP contribution in [0.2, 0.25) is 5.02 Å². The molecule has 67 heavy (non-hydrogen) atoms. The molecule has 1 unspecified atom stereocenters. The van der Waals surface area contributed by atoms with E-state index in [1.165, 1.54) is 45.4 Å². The maximum Gasteiger partial charge on any atom is 0.389 e. The number of halogens is 5. The lowest BCUT2D eigenvalue weighted by Crippen LogP contribution is -2.35. The Bertz CT molecular complexity index is 2610. The minimum atomic E-state index is -4.45. The molecule has 0 fully saturated rings. The van der Waals surface area contributed by atoms with E-state index in [9.17, 15) is 54.6 Å². The Morgan fingerprint density at radius 2 is 1.72 bits per heavy atom. The summed E-state index contributed by atoms with van der Waals surface area (Å²) in [6.45, 7) is 2.35. The van der Waals surface area contributed by atoms with Crippen LogP contribution in [0.3, 0.4) is 0 Å². The number of hydrogen-bond acceptors (Lipinski definition) is 17. The molecule has 2 aromatic heterocycles. The first-order valence-electron chi connectivity index (χ1n) is 18.9. The second-order valence-corrected chi connectivity index (χ2v) is 21.7. The van der Waals surface area contributed by atoms with Gasteiger partial charge in [0.1, 0.15) is 24.9 Å². The van der Waals surface area contributed by atoms with Crippen LogP contribution in [-0.4, -0.2) is 118 Å². The molecule has 5 rings (SSSR count). The Morgan fingerprint density at radius 1 is 1.09 bits per heavy atom. The number of nitrogens with one attached hydrogen (secondary N) is 3. The number of fused-ring (bicyclic) bond motifs is 1. The van der Waals surface area contributed by atoms with Crippen LogP contribution in [0.5, 0.6) is 6.01 Å². The zero-order valence-corrected chi connectivity index (χ0v) is 41.4. The molecule has 1 aliphatic heterocycles. The number of anilines is 1. The molecule has 0 radical (unpaired) electrons. The summed E-state index contributed by atoms with van der Waals surface area (Å²) in [5.74, 6) is -2.15. The van der Waals surface area contributed by atoms with E-state index in [0.29, 0.717) is 33.7 Å². The second kappa shape index (κ2) is 27.4. The fourth-order valence-electron chi connectivity index (χ4n) is 4.89. The highest BCUT2D eigenvalue weighted by Crippen LogP contribution is 2.33. The molecule has 21 nitrogen and oxygen atoms in total. The van der Waals surface area contributed by atoms with Crippen LogP contribution in [0.15, 0.2) is 56.0 Å². The zero-order valence-electron chi connectivity index (χ0n) is 36.5. The number of rotatable bonds is 14. The average Bonchev–Trinajstić information content (AvgIpc) is 3.53. The maximum atomic E-state index is 14.3. The standard InChI is InChI=1S/C15H15ClFN3O3S2.C15H16F3N5O4S.C3H8NO5P.C3H9S/c1-23-13(21)8-24-12-7-11(10(17)6-9(12)16)18-14-19-4-2-3-5-20(19)15(22)25-14;1-9-19-12(22-14(20-9)27-2)21-13(24)23-28(25,26)11-6-4-3-5-10(11)7-8-15(16,17)18;5-3(6)1-4-2-10(7,8)9;1-4(2)3/h6-7H,2-5,8H2,1H3;3-6H,7-8H2,1-2H3,(H2,19,20,21,22,23,24);4H,1-2H2,(H,5,6)(H2,7,8,9);1-3H3/q;;;+1/p-1/b18-14-;;;. The number of amides is 2. The van der Waals surface area contributed by atoms with Crippen LogP contribution >= 0.6 is 42.3 Å². The van der Waals surface area contributed by atoms with Gasteiger partial charge < -0.3 is 28.9 Å². The van der Waals surface area contributed by atoms with Gasteiger partial charge in [-0.3, -0.25) is 29.7 Å². The molecule has 0 saturated heterocycles. The van der Waals surface area contributed by atoms with E-state index in [4.69, 9.17) is 26.3 Å². The Balaban J connectivity index is 0.000000361. The number of methoxy groups -OCH3 is 2. The third-order valence-electron chi connectivity index (χ3n) is 7.57. The van der Waals surface area contributed by atoms with Crippen molar-refractivity contribution in [3.63, 3.8) is 0 Å². The van der Waals surface area contributed by atoms with Crippen molar-refractivity contribution >= 4 is 92.8 Å². The number of carboxylic acid groups (broad SMARTS) is 1. The molecule has 0 bridgehead atoms. The van der Waals surface area contributed by atoms with Gasteiger partial charge in [-0.15, -0.1) is 11.8 Å². The molecule has 0 aliphatic carbocycles. The van der Waals surface area contributed by atoms with Crippen molar-refractivity contribution in [1.29, 1.82) is 0 Å². The van der Waals surface area contributed by atoms with Crippen molar-refractivity contribution in [2.75, 3.05) is 56.9 Å². The summed E-state index contributed by atoms with van der Waals surface area (Å²) in [6, 6.07) is 6.46. The number of sulfonamides is 1. The summed E-state index contributed by atoms with van der Waals surface area (Å²) >= 11 is 8.17. The van der Waals surface area contributed by atoms with Crippen LogP contribution in [0.4, 0.5) is 34.0 Å². The quantitative estimate of drug-likeness (QED) is 0.0396. The lowest BCUT2D eigenvalue weighted by atomic mass is 10.1. The lowest BCUT2D eigenvalue weighted by Gasteiger charge is -2.15. The highest BCUT2D eigenvalue weighted by Gasteiger charge is 2.29. The third kappa shape index (κ3) is 22.4. The van der Waals surface area contributed by atoms with Gasteiger partial charge in [-0.25, -0.2) is 32.0 Å². The van der Waals surface area contributed by atoms with E-state index < -0.39 is 78.2 Å². The molecule has 4 aromatic rings. The molecule has 0 spiro atoms. The van der Waals surface area contributed by atoms with Gasteiger partial charge in [0.05, 0.1) is 61.5 Å². The number of nitrogens with zero attached hydrogens (tertiary/aromatic N) is 6. The van der Waals surface area contributed by atoms with Crippen molar-refractivity contribution in [2.45, 2.75) is 61.7 Å². The van der Waals surface area contributed by atoms with Gasteiger partial charge in [0.15, 0.2) is 0 Å². The van der Waals surface area contributed by atoms with E-state index in [-0.39, 0.29) is 44.7 Å². The topological polar surface area (TPSA) is 298 Å². The van der Waals surface area contributed by atoms with Crippen molar-refractivity contribution in [3.8, 4) is 6.01 Å². The van der Waals surface area contributed by atoms with Gasteiger partial charge in [-0.1, -0.05) is 29.8 Å². The van der Waals surface area contributed by atoms with Gasteiger partial charge in [-0.2, -0.15) is 28.1 Å². The smallest absolute Gasteiger partial charge is 0.389 e. The third-order valence-corrected chi connectivity index (χ3v) is 11.9.